The number of nitrogens with zero attached hydrogens (tertiary/aromatic N) is 3. The van der Waals surface area contributed by atoms with E-state index < -0.39 is 0 Å². The number of fused-ring (bicyclic) bond motifs is 1. The van der Waals surface area contributed by atoms with Crippen LogP contribution in [0.25, 0.3) is 22.0 Å². The number of carbonyl (C=O) groups excluding carboxylic acids is 1. The fourth-order valence-corrected chi connectivity index (χ4v) is 4.27. The average Bonchev–Trinajstić information content (AvgIpc) is 2.87. The van der Waals surface area contributed by atoms with E-state index in [0.29, 0.717) is 34.9 Å². The summed E-state index contributed by atoms with van der Waals surface area (Å²) < 4.78 is 5.55. The number of nitrogens with one attached hydrogen (secondary N) is 2. The molecule has 8 nitrogen and oxygen atoms in total. The summed E-state index contributed by atoms with van der Waals surface area (Å²) in [7, 11) is 3.69. The van der Waals surface area contributed by atoms with Crippen LogP contribution < -0.4 is 21.1 Å². The summed E-state index contributed by atoms with van der Waals surface area (Å²) >= 11 is 0. The number of pyridine rings is 1. The van der Waals surface area contributed by atoms with Crippen molar-refractivity contribution in [1.82, 2.24) is 15.2 Å². The van der Waals surface area contributed by atoms with Crippen LogP contribution in [0.15, 0.2) is 54.6 Å². The van der Waals surface area contributed by atoms with Gasteiger partial charge in [-0.2, -0.15) is 5.26 Å². The van der Waals surface area contributed by atoms with E-state index in [4.69, 9.17) is 15.7 Å². The highest BCUT2D eigenvalue weighted by Crippen LogP contribution is 2.36. The Labute approximate surface area is 205 Å². The molecule has 1 aliphatic rings. The van der Waals surface area contributed by atoms with Crippen LogP contribution in [0.2, 0.25) is 0 Å². The van der Waals surface area contributed by atoms with Crippen molar-refractivity contribution >= 4 is 28.1 Å². The van der Waals surface area contributed by atoms with E-state index in [1.165, 1.54) is 0 Å². The molecule has 1 aliphatic heterocycles. The molecule has 2 aromatic carbocycles. The highest BCUT2D eigenvalue weighted by atomic mass is 16.5. The third-order valence-corrected chi connectivity index (χ3v) is 6.27. The molecule has 8 heteroatoms. The summed E-state index contributed by atoms with van der Waals surface area (Å²) in [4.78, 5) is 19.9. The lowest BCUT2D eigenvalue weighted by atomic mass is 10.0. The van der Waals surface area contributed by atoms with E-state index in [1.807, 2.05) is 30.3 Å². The van der Waals surface area contributed by atoms with Crippen LogP contribution >= 0.6 is 0 Å². The van der Waals surface area contributed by atoms with Crippen LogP contribution in [0.1, 0.15) is 23.3 Å². The topological polar surface area (TPSA) is 116 Å². The standard InChI is InChI=1S/C27H30N6O2/c1-17(15-28)16-30-26-22-12-19(5-4-18(22)6-7-25(26)35-3)23-13-20(29)14-24(32-23)27(34)31-21-8-10-33(2)11-9-21/h4-7,12-14,21,30H,1,8-11,16H2,2-3H3,(H2,29,32)(H,31,34). The molecule has 1 aromatic heterocycles. The molecule has 35 heavy (non-hydrogen) atoms. The number of carbonyl (C=O) groups is 1. The molecule has 4 N–H and O–H groups in total. The van der Waals surface area contributed by atoms with Gasteiger partial charge in [-0.3, -0.25) is 4.79 Å². The fraction of sp³-hybridized carbons (Fsp3) is 0.296. The van der Waals surface area contributed by atoms with Gasteiger partial charge in [0, 0.05) is 34.8 Å². The Morgan fingerprint density at radius 1 is 1.26 bits per heavy atom. The Balaban J connectivity index is 1.67. The quantitative estimate of drug-likeness (QED) is 0.450. The minimum atomic E-state index is -0.215. The van der Waals surface area contributed by atoms with E-state index in [-0.39, 0.29) is 11.9 Å². The van der Waals surface area contributed by atoms with Crippen molar-refractivity contribution in [2.45, 2.75) is 18.9 Å². The van der Waals surface area contributed by atoms with Gasteiger partial charge in [0.2, 0.25) is 0 Å². The molecule has 0 aliphatic carbocycles. The van der Waals surface area contributed by atoms with Gasteiger partial charge >= 0.3 is 0 Å². The maximum atomic E-state index is 13.0. The van der Waals surface area contributed by atoms with E-state index >= 15 is 0 Å². The molecular weight excluding hydrogens is 440 g/mol. The molecule has 1 fully saturated rings. The number of anilines is 2. The van der Waals surface area contributed by atoms with Gasteiger partial charge in [-0.05, 0) is 62.6 Å². The van der Waals surface area contributed by atoms with Gasteiger partial charge in [0.25, 0.3) is 5.91 Å². The molecule has 1 saturated heterocycles. The Kier molecular flexibility index (Phi) is 7.18. The third kappa shape index (κ3) is 5.53. The maximum absolute atomic E-state index is 13.0. The Hall–Kier alpha value is -4.09. The van der Waals surface area contributed by atoms with Crippen molar-refractivity contribution in [1.29, 1.82) is 5.26 Å². The lowest BCUT2D eigenvalue weighted by Gasteiger charge is -2.29. The minimum Gasteiger partial charge on any atom is -0.495 e. The van der Waals surface area contributed by atoms with Crippen molar-refractivity contribution in [2.75, 3.05) is 44.8 Å². The highest BCUT2D eigenvalue weighted by Gasteiger charge is 2.20. The molecule has 3 aromatic rings. The number of piperidine rings is 1. The van der Waals surface area contributed by atoms with Gasteiger partial charge in [0.15, 0.2) is 0 Å². The van der Waals surface area contributed by atoms with Gasteiger partial charge in [-0.25, -0.2) is 4.98 Å². The van der Waals surface area contributed by atoms with E-state index in [9.17, 15) is 4.79 Å². The normalized spacial score (nSPS) is 14.3. The largest absolute Gasteiger partial charge is 0.495 e. The second-order valence-corrected chi connectivity index (χ2v) is 8.87. The number of rotatable bonds is 7. The monoisotopic (exact) mass is 470 g/mol. The fourth-order valence-electron chi connectivity index (χ4n) is 4.27. The van der Waals surface area contributed by atoms with Crippen molar-refractivity contribution in [3.8, 4) is 23.1 Å². The molecule has 1 amide bonds. The molecular formula is C27H30N6O2. The van der Waals surface area contributed by atoms with E-state index in [1.54, 1.807) is 19.2 Å². The first-order valence-electron chi connectivity index (χ1n) is 11.6. The van der Waals surface area contributed by atoms with Crippen molar-refractivity contribution in [3.63, 3.8) is 0 Å². The SMILES string of the molecule is C=C(C#N)CNc1c(OC)ccc2ccc(-c3cc(N)cc(C(=O)NC4CCN(C)CC4)n3)cc12. The molecule has 0 saturated carbocycles. The number of likely N-dealkylation sites (tertiary alicyclic amines) is 1. The zero-order valence-corrected chi connectivity index (χ0v) is 20.1. The van der Waals surface area contributed by atoms with Crippen LogP contribution in [0, 0.1) is 11.3 Å². The van der Waals surface area contributed by atoms with E-state index in [2.05, 4.69) is 40.2 Å². The summed E-state index contributed by atoms with van der Waals surface area (Å²) in [6.45, 7) is 5.96. The number of aromatic nitrogens is 1. The number of benzene rings is 2. The molecule has 0 radical (unpaired) electrons. The maximum Gasteiger partial charge on any atom is 0.270 e. The number of hydrogen-bond donors (Lipinski definition) is 3. The second-order valence-electron chi connectivity index (χ2n) is 8.87. The molecule has 180 valence electrons. The first-order valence-corrected chi connectivity index (χ1v) is 11.6. The Morgan fingerprint density at radius 3 is 2.71 bits per heavy atom. The van der Waals surface area contributed by atoms with E-state index in [0.717, 1.165) is 48.0 Å². The average molecular weight is 471 g/mol. The summed E-state index contributed by atoms with van der Waals surface area (Å²) in [6.07, 6.45) is 1.83. The number of ether oxygens (including phenoxy) is 1. The van der Waals surface area contributed by atoms with Gasteiger partial charge in [-0.1, -0.05) is 24.8 Å². The number of nitriles is 1. The number of amides is 1. The van der Waals surface area contributed by atoms with Crippen molar-refractivity contribution in [3.05, 3.63) is 60.3 Å². The second kappa shape index (κ2) is 10.5. The lowest BCUT2D eigenvalue weighted by Crippen LogP contribution is -2.43. The van der Waals surface area contributed by atoms with Crippen LogP contribution in [0.4, 0.5) is 11.4 Å². The van der Waals surface area contributed by atoms with Crippen molar-refractivity contribution < 1.29 is 9.53 Å². The number of nitrogen functional groups attached to an aromatic ring is 1. The smallest absolute Gasteiger partial charge is 0.270 e. The molecule has 2 heterocycles. The molecule has 4 rings (SSSR count). The number of hydrogen-bond acceptors (Lipinski definition) is 7. The van der Waals surface area contributed by atoms with Crippen LogP contribution in [0.3, 0.4) is 0 Å². The minimum absolute atomic E-state index is 0.135. The van der Waals surface area contributed by atoms with Gasteiger partial charge in [0.05, 0.1) is 24.6 Å². The zero-order valence-electron chi connectivity index (χ0n) is 20.1. The lowest BCUT2D eigenvalue weighted by molar-refractivity contribution is 0.0912. The highest BCUT2D eigenvalue weighted by molar-refractivity contribution is 6.00. The van der Waals surface area contributed by atoms with Crippen LogP contribution in [-0.4, -0.2) is 55.6 Å². The first kappa shape index (κ1) is 24.0. The molecule has 0 unspecified atom stereocenters. The Morgan fingerprint density at radius 2 is 2.00 bits per heavy atom. The first-order chi connectivity index (χ1) is 16.9. The summed E-state index contributed by atoms with van der Waals surface area (Å²) in [5.41, 5.74) is 9.53. The summed E-state index contributed by atoms with van der Waals surface area (Å²) in [5.74, 6) is 0.437. The third-order valence-electron chi connectivity index (χ3n) is 6.27. The molecule has 0 bridgehead atoms. The van der Waals surface area contributed by atoms with Gasteiger partial charge in [0.1, 0.15) is 11.4 Å². The number of methoxy groups -OCH3 is 1. The van der Waals surface area contributed by atoms with Gasteiger partial charge < -0.3 is 26.0 Å². The van der Waals surface area contributed by atoms with Crippen LogP contribution in [0.5, 0.6) is 5.75 Å². The molecule has 0 spiro atoms. The zero-order chi connectivity index (χ0) is 24.9. The molecule has 0 atom stereocenters. The predicted octanol–water partition coefficient (Wildman–Crippen LogP) is 3.81. The Bertz CT molecular complexity index is 1310. The van der Waals surface area contributed by atoms with Crippen LogP contribution in [-0.2, 0) is 0 Å². The predicted molar refractivity (Wildman–Crippen MR) is 139 cm³/mol. The summed E-state index contributed by atoms with van der Waals surface area (Å²) in [5, 5.41) is 17.3. The van der Waals surface area contributed by atoms with Crippen molar-refractivity contribution in [2.24, 2.45) is 0 Å². The van der Waals surface area contributed by atoms with Gasteiger partial charge in [-0.15, -0.1) is 0 Å². The number of nitrogens with two attached hydrogens (primary N) is 1. The summed E-state index contributed by atoms with van der Waals surface area (Å²) in [6, 6.07) is 15.3.